The number of hydrogen-bond acceptors (Lipinski definition) is 5. The number of nitro groups is 1. The molecule has 26 heavy (non-hydrogen) atoms. The number of carbonyl (C=O) groups is 1. The van der Waals surface area contributed by atoms with Crippen LogP contribution in [0, 0.1) is 17.0 Å². The Morgan fingerprint density at radius 2 is 1.92 bits per heavy atom. The second kappa shape index (κ2) is 7.56. The van der Waals surface area contributed by atoms with E-state index in [4.69, 9.17) is 0 Å². The highest BCUT2D eigenvalue weighted by Gasteiger charge is 2.17. The zero-order valence-electron chi connectivity index (χ0n) is 14.1. The number of aromatic nitrogens is 3. The third kappa shape index (κ3) is 3.92. The Balaban J connectivity index is 1.63. The molecule has 0 unspecified atom stereocenters. The summed E-state index contributed by atoms with van der Waals surface area (Å²) in [5.41, 5.74) is 2.61. The van der Waals surface area contributed by atoms with E-state index in [9.17, 15) is 14.9 Å². The maximum atomic E-state index is 12.3. The summed E-state index contributed by atoms with van der Waals surface area (Å²) in [7, 11) is 0. The number of hydrogen-bond donors (Lipinski definition) is 1. The smallest absolute Gasteiger partial charge is 0.273 e. The Morgan fingerprint density at radius 3 is 2.58 bits per heavy atom. The van der Waals surface area contributed by atoms with Crippen molar-refractivity contribution < 1.29 is 9.72 Å². The monoisotopic (exact) mass is 351 g/mol. The molecule has 8 nitrogen and oxygen atoms in total. The zero-order chi connectivity index (χ0) is 18.5. The first-order chi connectivity index (χ1) is 12.5. The molecule has 132 valence electrons. The van der Waals surface area contributed by atoms with E-state index < -0.39 is 4.92 Å². The van der Waals surface area contributed by atoms with Crippen molar-refractivity contribution in [1.29, 1.82) is 0 Å². The lowest BCUT2D eigenvalue weighted by atomic mass is 10.1. The molecule has 0 spiro atoms. The highest BCUT2D eigenvalue weighted by atomic mass is 16.6. The maximum Gasteiger partial charge on any atom is 0.273 e. The van der Waals surface area contributed by atoms with Crippen molar-refractivity contribution in [3.8, 4) is 0 Å². The van der Waals surface area contributed by atoms with Gasteiger partial charge in [0.1, 0.15) is 12.7 Å². The molecule has 0 saturated heterocycles. The molecule has 3 rings (SSSR count). The van der Waals surface area contributed by atoms with Crippen LogP contribution in [0.2, 0.25) is 0 Å². The van der Waals surface area contributed by atoms with E-state index in [1.165, 1.54) is 18.5 Å². The summed E-state index contributed by atoms with van der Waals surface area (Å²) in [6, 6.07) is 12.3. The first-order valence-electron chi connectivity index (χ1n) is 7.97. The Morgan fingerprint density at radius 1 is 1.19 bits per heavy atom. The Kier molecular flexibility index (Phi) is 5.02. The lowest BCUT2D eigenvalue weighted by molar-refractivity contribution is -0.385. The van der Waals surface area contributed by atoms with Gasteiger partial charge in [-0.15, -0.1) is 0 Å². The molecule has 0 aliphatic rings. The summed E-state index contributed by atoms with van der Waals surface area (Å²) >= 11 is 0. The lowest BCUT2D eigenvalue weighted by Gasteiger charge is -2.09. The van der Waals surface area contributed by atoms with Crippen molar-refractivity contribution in [2.45, 2.75) is 20.0 Å². The normalized spacial score (nSPS) is 10.5. The SMILES string of the molecule is Cc1c(C(=O)NCc2ccc(Cn3cncn3)cc2)cccc1[N+](=O)[O-]. The molecule has 0 atom stereocenters. The molecule has 1 amide bonds. The predicted octanol–water partition coefficient (Wildman–Crippen LogP) is 2.47. The van der Waals surface area contributed by atoms with Crippen LogP contribution in [0.1, 0.15) is 27.0 Å². The molecular formula is C18H17N5O3. The molecule has 0 bridgehead atoms. The molecule has 1 heterocycles. The van der Waals surface area contributed by atoms with Gasteiger partial charge in [-0.25, -0.2) is 9.67 Å². The summed E-state index contributed by atoms with van der Waals surface area (Å²) in [6.07, 6.45) is 3.13. The minimum atomic E-state index is -0.486. The largest absolute Gasteiger partial charge is 0.348 e. The van der Waals surface area contributed by atoms with E-state index in [2.05, 4.69) is 15.4 Å². The summed E-state index contributed by atoms with van der Waals surface area (Å²) in [6.45, 7) is 2.54. The van der Waals surface area contributed by atoms with Gasteiger partial charge in [-0.3, -0.25) is 14.9 Å². The first kappa shape index (κ1) is 17.3. The van der Waals surface area contributed by atoms with Crippen LogP contribution in [0.5, 0.6) is 0 Å². The van der Waals surface area contributed by atoms with Gasteiger partial charge in [0.05, 0.1) is 11.5 Å². The van der Waals surface area contributed by atoms with E-state index in [1.807, 2.05) is 24.3 Å². The molecule has 1 N–H and O–H groups in total. The van der Waals surface area contributed by atoms with Crippen molar-refractivity contribution in [2.24, 2.45) is 0 Å². The van der Waals surface area contributed by atoms with E-state index in [1.54, 1.807) is 24.0 Å². The minimum absolute atomic E-state index is 0.0601. The topological polar surface area (TPSA) is 103 Å². The molecule has 3 aromatic rings. The lowest BCUT2D eigenvalue weighted by Crippen LogP contribution is -2.23. The number of benzene rings is 2. The van der Waals surface area contributed by atoms with Crippen LogP contribution < -0.4 is 5.32 Å². The fourth-order valence-corrected chi connectivity index (χ4v) is 2.61. The molecule has 8 heteroatoms. The van der Waals surface area contributed by atoms with Gasteiger partial charge >= 0.3 is 0 Å². The number of nitrogens with zero attached hydrogens (tertiary/aromatic N) is 4. The molecular weight excluding hydrogens is 334 g/mol. The van der Waals surface area contributed by atoms with Gasteiger partial charge in [0, 0.05) is 23.7 Å². The van der Waals surface area contributed by atoms with Crippen molar-refractivity contribution in [3.05, 3.63) is 87.5 Å². The van der Waals surface area contributed by atoms with Crippen LogP contribution in [0.25, 0.3) is 0 Å². The highest BCUT2D eigenvalue weighted by Crippen LogP contribution is 2.21. The van der Waals surface area contributed by atoms with Crippen molar-refractivity contribution in [3.63, 3.8) is 0 Å². The average Bonchev–Trinajstić information content (AvgIpc) is 3.14. The number of amides is 1. The summed E-state index contributed by atoms with van der Waals surface area (Å²) < 4.78 is 1.72. The molecule has 0 radical (unpaired) electrons. The van der Waals surface area contributed by atoms with Crippen LogP contribution in [0.4, 0.5) is 5.69 Å². The van der Waals surface area contributed by atoms with Crippen LogP contribution >= 0.6 is 0 Å². The fraction of sp³-hybridized carbons (Fsp3) is 0.167. The van der Waals surface area contributed by atoms with E-state index in [0.29, 0.717) is 24.2 Å². The van der Waals surface area contributed by atoms with Gasteiger partial charge in [-0.1, -0.05) is 30.3 Å². The zero-order valence-corrected chi connectivity index (χ0v) is 14.1. The van der Waals surface area contributed by atoms with Crippen molar-refractivity contribution in [2.75, 3.05) is 0 Å². The average molecular weight is 351 g/mol. The van der Waals surface area contributed by atoms with Crippen LogP contribution in [0.3, 0.4) is 0 Å². The number of rotatable bonds is 6. The molecule has 0 fully saturated rings. The number of nitrogens with one attached hydrogen (secondary N) is 1. The summed E-state index contributed by atoms with van der Waals surface area (Å²) in [5.74, 6) is -0.335. The third-order valence-electron chi connectivity index (χ3n) is 4.03. The van der Waals surface area contributed by atoms with Gasteiger partial charge in [0.15, 0.2) is 0 Å². The van der Waals surface area contributed by atoms with Gasteiger partial charge < -0.3 is 5.32 Å². The van der Waals surface area contributed by atoms with Crippen LogP contribution in [0.15, 0.2) is 55.1 Å². The van der Waals surface area contributed by atoms with Gasteiger partial charge in [0.2, 0.25) is 0 Å². The Bertz CT molecular complexity index is 921. The van der Waals surface area contributed by atoms with E-state index in [0.717, 1.165) is 11.1 Å². The van der Waals surface area contributed by atoms with Gasteiger partial charge in [0.25, 0.3) is 11.6 Å². The second-order valence-electron chi connectivity index (χ2n) is 5.80. The Labute approximate surface area is 149 Å². The molecule has 0 aliphatic heterocycles. The maximum absolute atomic E-state index is 12.3. The van der Waals surface area contributed by atoms with E-state index >= 15 is 0 Å². The molecule has 2 aromatic carbocycles. The molecule has 0 aliphatic carbocycles. The fourth-order valence-electron chi connectivity index (χ4n) is 2.61. The van der Waals surface area contributed by atoms with Crippen LogP contribution in [-0.4, -0.2) is 25.6 Å². The minimum Gasteiger partial charge on any atom is -0.348 e. The first-order valence-corrected chi connectivity index (χ1v) is 7.97. The van der Waals surface area contributed by atoms with E-state index in [-0.39, 0.29) is 11.6 Å². The predicted molar refractivity (Wildman–Crippen MR) is 94.6 cm³/mol. The third-order valence-corrected chi connectivity index (χ3v) is 4.03. The van der Waals surface area contributed by atoms with Crippen LogP contribution in [-0.2, 0) is 13.1 Å². The highest BCUT2D eigenvalue weighted by molar-refractivity contribution is 5.96. The molecule has 1 aromatic heterocycles. The number of carbonyl (C=O) groups excluding carboxylic acids is 1. The summed E-state index contributed by atoms with van der Waals surface area (Å²) in [4.78, 5) is 26.7. The second-order valence-corrected chi connectivity index (χ2v) is 5.80. The number of nitro benzene ring substituents is 1. The van der Waals surface area contributed by atoms with Crippen molar-refractivity contribution in [1.82, 2.24) is 20.1 Å². The van der Waals surface area contributed by atoms with Gasteiger partial charge in [-0.2, -0.15) is 5.10 Å². The summed E-state index contributed by atoms with van der Waals surface area (Å²) in [5, 5.41) is 17.8. The quantitative estimate of drug-likeness (QED) is 0.543. The van der Waals surface area contributed by atoms with Crippen molar-refractivity contribution >= 4 is 11.6 Å². The van der Waals surface area contributed by atoms with Gasteiger partial charge in [-0.05, 0) is 24.1 Å². The molecule has 0 saturated carbocycles. The standard InChI is InChI=1S/C18H17N5O3/c1-13-16(3-2-4-17(13)23(25)26)18(24)20-9-14-5-7-15(8-6-14)10-22-12-19-11-21-22/h2-8,11-12H,9-10H2,1H3,(H,20,24). The Hall–Kier alpha value is -3.55.